The van der Waals surface area contributed by atoms with Gasteiger partial charge in [0.15, 0.2) is 17.0 Å². The molecule has 3 aliphatic heterocycles. The number of ether oxygens (including phenoxy) is 2. The van der Waals surface area contributed by atoms with Crippen LogP contribution in [0.15, 0.2) is 24.5 Å². The Balaban J connectivity index is 1.17. The number of pyridine rings is 1. The highest BCUT2D eigenvalue weighted by Crippen LogP contribution is 2.43. The number of rotatable bonds is 3. The molecule has 6 heterocycles. The van der Waals surface area contributed by atoms with Crippen molar-refractivity contribution in [3.8, 4) is 0 Å². The normalized spacial score (nSPS) is 23.1. The van der Waals surface area contributed by atoms with Crippen LogP contribution in [-0.4, -0.2) is 75.2 Å². The molecule has 0 saturated carbocycles. The van der Waals surface area contributed by atoms with Crippen LogP contribution in [0.5, 0.6) is 0 Å². The monoisotopic (exact) mass is 520 g/mol. The van der Waals surface area contributed by atoms with Gasteiger partial charge in [-0.3, -0.25) is 10.1 Å². The van der Waals surface area contributed by atoms with Crippen LogP contribution in [-0.2, 0) is 15.9 Å². The minimum atomic E-state index is -0.540. The number of hydrogen-bond donors (Lipinski definition) is 2. The van der Waals surface area contributed by atoms with E-state index in [1.54, 1.807) is 0 Å². The van der Waals surface area contributed by atoms with Gasteiger partial charge in [-0.25, -0.2) is 14.8 Å². The van der Waals surface area contributed by atoms with Crippen LogP contribution in [0.25, 0.3) is 11.2 Å². The number of hydrogen-bond acceptors (Lipinski definition) is 9. The Hall–Kier alpha value is -3.47. The average Bonchev–Trinajstić information content (AvgIpc) is 3.44. The molecule has 0 aromatic carbocycles. The highest BCUT2D eigenvalue weighted by atomic mass is 16.6. The number of aromatic nitrogens is 5. The highest BCUT2D eigenvalue weighted by Gasteiger charge is 2.50. The first-order chi connectivity index (χ1) is 18.2. The maximum Gasteiger partial charge on any atom is 0.407 e. The van der Waals surface area contributed by atoms with Gasteiger partial charge in [-0.2, -0.15) is 5.10 Å². The summed E-state index contributed by atoms with van der Waals surface area (Å²) in [4.78, 5) is 31.2. The van der Waals surface area contributed by atoms with E-state index >= 15 is 0 Å². The molecule has 1 spiro atoms. The molecule has 0 unspecified atom stereocenters. The van der Waals surface area contributed by atoms with Crippen LogP contribution in [0.2, 0.25) is 0 Å². The SMILES string of the molecule is C[C@@H]1OCC2(CCN(c3cnc4c(N5CCCc6ncccc65)n[nH]c4n3)CC2)[C@@H]1NC(=O)OC(C)(C)C. The van der Waals surface area contributed by atoms with Gasteiger partial charge in [0.05, 0.1) is 36.3 Å². The summed E-state index contributed by atoms with van der Waals surface area (Å²) in [7, 11) is 0. The molecule has 6 rings (SSSR count). The van der Waals surface area contributed by atoms with Crippen LogP contribution in [0, 0.1) is 5.41 Å². The third kappa shape index (κ3) is 4.53. The smallest absolute Gasteiger partial charge is 0.407 e. The number of carbonyl (C=O) groups is 1. The zero-order valence-corrected chi connectivity index (χ0v) is 22.5. The number of aromatic amines is 1. The lowest BCUT2D eigenvalue weighted by Crippen LogP contribution is -2.55. The molecule has 0 aliphatic carbocycles. The maximum absolute atomic E-state index is 12.5. The van der Waals surface area contributed by atoms with Crippen molar-refractivity contribution in [2.75, 3.05) is 36.0 Å². The Labute approximate surface area is 222 Å². The molecule has 3 aromatic heterocycles. The number of piperidine rings is 1. The van der Waals surface area contributed by atoms with E-state index in [1.165, 1.54) is 0 Å². The molecule has 2 fully saturated rings. The second kappa shape index (κ2) is 9.37. The summed E-state index contributed by atoms with van der Waals surface area (Å²) in [5.41, 5.74) is 2.95. The van der Waals surface area contributed by atoms with Gasteiger partial charge in [0, 0.05) is 31.2 Å². The van der Waals surface area contributed by atoms with Crippen molar-refractivity contribution in [3.05, 3.63) is 30.2 Å². The molecule has 2 saturated heterocycles. The van der Waals surface area contributed by atoms with E-state index in [4.69, 9.17) is 19.4 Å². The standard InChI is InChI=1S/C27H36N8O3/c1-17-22(31-25(36)38-26(2,3)4)27(16-37-17)9-13-34(14-10-27)20-15-29-21-23(30-20)32-33-24(21)35-12-6-7-18-19(35)8-5-11-28-18/h5,8,11,15,17,22H,6-7,9-10,12-14,16H2,1-4H3,(H,31,36)(H,30,32,33)/t17-,22+/m0/s1. The van der Waals surface area contributed by atoms with Gasteiger partial charge >= 0.3 is 6.09 Å². The lowest BCUT2D eigenvalue weighted by atomic mass is 9.73. The predicted octanol–water partition coefficient (Wildman–Crippen LogP) is 3.73. The van der Waals surface area contributed by atoms with Gasteiger partial charge in [0.2, 0.25) is 0 Å². The molecule has 1 amide bonds. The largest absolute Gasteiger partial charge is 0.444 e. The number of H-pyrrole nitrogens is 1. The van der Waals surface area contributed by atoms with Crippen molar-refractivity contribution in [2.45, 2.75) is 71.1 Å². The summed E-state index contributed by atoms with van der Waals surface area (Å²) in [6, 6.07) is 3.96. The van der Waals surface area contributed by atoms with Gasteiger partial charge in [-0.05, 0) is 65.5 Å². The van der Waals surface area contributed by atoms with Crippen LogP contribution in [0.4, 0.5) is 22.1 Å². The van der Waals surface area contributed by atoms with Crippen molar-refractivity contribution in [1.29, 1.82) is 0 Å². The number of anilines is 3. The summed E-state index contributed by atoms with van der Waals surface area (Å²) >= 11 is 0. The van der Waals surface area contributed by atoms with Crippen LogP contribution >= 0.6 is 0 Å². The minimum absolute atomic E-state index is 0.0660. The van der Waals surface area contributed by atoms with Crippen molar-refractivity contribution >= 4 is 34.6 Å². The number of alkyl carbamates (subject to hydrolysis) is 1. The number of nitrogens with zero attached hydrogens (tertiary/aromatic N) is 6. The maximum atomic E-state index is 12.5. The third-order valence-corrected chi connectivity index (χ3v) is 7.97. The Bertz CT molecular complexity index is 1330. The molecule has 3 aromatic rings. The van der Waals surface area contributed by atoms with Crippen molar-refractivity contribution in [1.82, 2.24) is 30.5 Å². The Morgan fingerprint density at radius 2 is 2.05 bits per heavy atom. The van der Waals surface area contributed by atoms with E-state index in [1.807, 2.05) is 46.2 Å². The van der Waals surface area contributed by atoms with E-state index in [2.05, 4.69) is 36.4 Å². The first kappa shape index (κ1) is 24.8. The molecule has 0 bridgehead atoms. The lowest BCUT2D eigenvalue weighted by Gasteiger charge is -2.42. The summed E-state index contributed by atoms with van der Waals surface area (Å²) in [6.45, 7) is 10.7. The lowest BCUT2D eigenvalue weighted by molar-refractivity contribution is 0.0434. The second-order valence-electron chi connectivity index (χ2n) is 11.7. The molecular weight excluding hydrogens is 484 g/mol. The van der Waals surface area contributed by atoms with Crippen LogP contribution in [0.3, 0.4) is 0 Å². The quantitative estimate of drug-likeness (QED) is 0.532. The number of nitrogens with one attached hydrogen (secondary N) is 2. The molecule has 11 nitrogen and oxygen atoms in total. The summed E-state index contributed by atoms with van der Waals surface area (Å²) in [5.74, 6) is 1.62. The fraction of sp³-hybridized carbons (Fsp3) is 0.593. The van der Waals surface area contributed by atoms with Gasteiger partial charge in [-0.15, -0.1) is 0 Å². The number of amides is 1. The first-order valence-electron chi connectivity index (χ1n) is 13.5. The summed E-state index contributed by atoms with van der Waals surface area (Å²) in [5, 5.41) is 10.8. The van der Waals surface area contributed by atoms with E-state index in [-0.39, 0.29) is 23.7 Å². The summed E-state index contributed by atoms with van der Waals surface area (Å²) < 4.78 is 11.6. The second-order valence-corrected chi connectivity index (χ2v) is 11.7. The molecule has 11 heteroatoms. The van der Waals surface area contributed by atoms with Gasteiger partial charge < -0.3 is 24.6 Å². The van der Waals surface area contributed by atoms with Crippen molar-refractivity contribution < 1.29 is 14.3 Å². The molecule has 2 N–H and O–H groups in total. The zero-order valence-electron chi connectivity index (χ0n) is 22.5. The predicted molar refractivity (Wildman–Crippen MR) is 144 cm³/mol. The van der Waals surface area contributed by atoms with E-state index in [0.717, 1.165) is 73.9 Å². The third-order valence-electron chi connectivity index (χ3n) is 7.97. The first-order valence-corrected chi connectivity index (χ1v) is 13.5. The fourth-order valence-electron chi connectivity index (χ4n) is 6.06. The van der Waals surface area contributed by atoms with Crippen molar-refractivity contribution in [2.24, 2.45) is 5.41 Å². The Morgan fingerprint density at radius 3 is 2.84 bits per heavy atom. The van der Waals surface area contributed by atoms with E-state index in [9.17, 15) is 4.79 Å². The molecular formula is C27H36N8O3. The molecule has 0 radical (unpaired) electrons. The molecule has 3 aliphatic rings. The Morgan fingerprint density at radius 1 is 1.24 bits per heavy atom. The number of carbonyl (C=O) groups excluding carboxylic acids is 1. The van der Waals surface area contributed by atoms with Gasteiger partial charge in [0.25, 0.3) is 0 Å². The van der Waals surface area contributed by atoms with Crippen molar-refractivity contribution in [3.63, 3.8) is 0 Å². The topological polar surface area (TPSA) is 121 Å². The fourth-order valence-corrected chi connectivity index (χ4v) is 6.06. The van der Waals surface area contributed by atoms with Gasteiger partial charge in [-0.1, -0.05) is 0 Å². The van der Waals surface area contributed by atoms with Crippen LogP contribution < -0.4 is 15.1 Å². The summed E-state index contributed by atoms with van der Waals surface area (Å²) in [6.07, 6.45) is 6.98. The average molecular weight is 521 g/mol. The number of fused-ring (bicyclic) bond motifs is 2. The van der Waals surface area contributed by atoms with Gasteiger partial charge in [0.1, 0.15) is 11.4 Å². The molecule has 202 valence electrons. The van der Waals surface area contributed by atoms with Crippen LogP contribution in [0.1, 0.15) is 52.7 Å². The van der Waals surface area contributed by atoms with E-state index < -0.39 is 5.60 Å². The Kier molecular flexibility index (Phi) is 6.13. The minimum Gasteiger partial charge on any atom is -0.444 e. The number of aryl methyl sites for hydroxylation is 1. The molecule has 2 atom stereocenters. The highest BCUT2D eigenvalue weighted by molar-refractivity contribution is 5.87. The zero-order chi connectivity index (χ0) is 26.5. The molecule has 38 heavy (non-hydrogen) atoms. The van der Waals surface area contributed by atoms with E-state index in [0.29, 0.717) is 12.3 Å².